The molecular formula is C11H14N4O. The molecule has 0 aliphatic carbocycles. The van der Waals surface area contributed by atoms with Crippen LogP contribution in [0.1, 0.15) is 24.2 Å². The number of H-pyrrole nitrogens is 1. The molecule has 1 aromatic heterocycles. The number of benzene rings is 1. The fourth-order valence-electron chi connectivity index (χ4n) is 1.70. The molecule has 16 heavy (non-hydrogen) atoms. The van der Waals surface area contributed by atoms with Gasteiger partial charge >= 0.3 is 0 Å². The summed E-state index contributed by atoms with van der Waals surface area (Å²) in [4.78, 5) is 18.8. The second kappa shape index (κ2) is 3.94. The van der Waals surface area contributed by atoms with E-state index in [4.69, 9.17) is 5.84 Å². The number of aromatic amines is 1. The number of hydrogen-bond donors (Lipinski definition) is 3. The zero-order valence-corrected chi connectivity index (χ0v) is 9.24. The van der Waals surface area contributed by atoms with Crippen molar-refractivity contribution in [1.29, 1.82) is 0 Å². The lowest BCUT2D eigenvalue weighted by Gasteiger charge is -2.09. The first-order valence-corrected chi connectivity index (χ1v) is 5.08. The van der Waals surface area contributed by atoms with Crippen LogP contribution in [0.5, 0.6) is 0 Å². The maximum atomic E-state index is 11.4. The molecule has 1 heterocycles. The third-order valence-corrected chi connectivity index (χ3v) is 2.66. The Balaban J connectivity index is 2.42. The predicted octanol–water partition coefficient (Wildman–Crippen LogP) is 0.965. The Morgan fingerprint density at radius 2 is 2.31 bits per heavy atom. The van der Waals surface area contributed by atoms with Crippen molar-refractivity contribution in [2.24, 2.45) is 5.84 Å². The highest BCUT2D eigenvalue weighted by molar-refractivity contribution is 5.84. The number of fused-ring (bicyclic) bond motifs is 1. The van der Waals surface area contributed by atoms with Gasteiger partial charge in [-0.3, -0.25) is 10.2 Å². The van der Waals surface area contributed by atoms with Gasteiger partial charge in [-0.25, -0.2) is 10.8 Å². The molecule has 1 aromatic carbocycles. The third kappa shape index (κ3) is 1.77. The van der Waals surface area contributed by atoms with Crippen LogP contribution < -0.4 is 11.3 Å². The molecule has 5 heteroatoms. The zero-order chi connectivity index (χ0) is 11.7. The molecule has 5 nitrogen and oxygen atoms in total. The molecule has 1 atom stereocenters. The molecule has 2 rings (SSSR count). The number of aromatic nitrogens is 2. The summed E-state index contributed by atoms with van der Waals surface area (Å²) < 4.78 is 0. The van der Waals surface area contributed by atoms with Crippen molar-refractivity contribution < 1.29 is 4.79 Å². The van der Waals surface area contributed by atoms with Gasteiger partial charge in [0.1, 0.15) is 5.82 Å². The van der Waals surface area contributed by atoms with Crippen LogP contribution in [0.2, 0.25) is 0 Å². The Bertz CT molecular complexity index is 532. The summed E-state index contributed by atoms with van der Waals surface area (Å²) in [5, 5.41) is 0. The van der Waals surface area contributed by atoms with Crippen LogP contribution >= 0.6 is 0 Å². The van der Waals surface area contributed by atoms with Crippen molar-refractivity contribution in [2.75, 3.05) is 0 Å². The molecule has 0 bridgehead atoms. The highest BCUT2D eigenvalue weighted by Crippen LogP contribution is 2.20. The molecule has 0 saturated heterocycles. The largest absolute Gasteiger partial charge is 0.342 e. The number of imidazole rings is 1. The number of nitrogens with zero attached hydrogens (tertiary/aromatic N) is 1. The van der Waals surface area contributed by atoms with E-state index in [-0.39, 0.29) is 11.8 Å². The molecule has 0 aliphatic heterocycles. The van der Waals surface area contributed by atoms with Crippen LogP contribution in [-0.4, -0.2) is 15.9 Å². The number of carbonyl (C=O) groups is 1. The lowest BCUT2D eigenvalue weighted by molar-refractivity contribution is -0.122. The molecule has 1 amide bonds. The predicted molar refractivity (Wildman–Crippen MR) is 61.6 cm³/mol. The van der Waals surface area contributed by atoms with Crippen LogP contribution in [0, 0.1) is 6.92 Å². The molecule has 1 unspecified atom stereocenters. The van der Waals surface area contributed by atoms with Gasteiger partial charge < -0.3 is 4.98 Å². The molecule has 0 aliphatic rings. The SMILES string of the molecule is Cc1nc2ccc(C(C)C(=O)NN)cc2[nH]1. The molecule has 0 spiro atoms. The van der Waals surface area contributed by atoms with Crippen molar-refractivity contribution in [1.82, 2.24) is 15.4 Å². The van der Waals surface area contributed by atoms with Crippen LogP contribution in [0.15, 0.2) is 18.2 Å². The van der Waals surface area contributed by atoms with Crippen LogP contribution in [0.25, 0.3) is 11.0 Å². The minimum absolute atomic E-state index is 0.199. The summed E-state index contributed by atoms with van der Waals surface area (Å²) >= 11 is 0. The molecule has 4 N–H and O–H groups in total. The first-order valence-electron chi connectivity index (χ1n) is 5.08. The maximum absolute atomic E-state index is 11.4. The molecule has 84 valence electrons. The van der Waals surface area contributed by atoms with Crippen molar-refractivity contribution in [3.8, 4) is 0 Å². The number of nitrogens with one attached hydrogen (secondary N) is 2. The van der Waals surface area contributed by atoms with Crippen molar-refractivity contribution in [2.45, 2.75) is 19.8 Å². The number of rotatable bonds is 2. The molecular weight excluding hydrogens is 204 g/mol. The molecule has 0 saturated carbocycles. The maximum Gasteiger partial charge on any atom is 0.241 e. The van der Waals surface area contributed by atoms with Gasteiger partial charge in [-0.2, -0.15) is 0 Å². The van der Waals surface area contributed by atoms with Crippen LogP contribution in [-0.2, 0) is 4.79 Å². The Morgan fingerprint density at radius 3 is 3.00 bits per heavy atom. The number of nitrogens with two attached hydrogens (primary N) is 1. The molecule has 0 radical (unpaired) electrons. The van der Waals surface area contributed by atoms with E-state index in [1.165, 1.54) is 0 Å². The fraction of sp³-hybridized carbons (Fsp3) is 0.273. The van der Waals surface area contributed by atoms with Crippen molar-refractivity contribution in [3.63, 3.8) is 0 Å². The Hall–Kier alpha value is -1.88. The van der Waals surface area contributed by atoms with Gasteiger partial charge in [-0.15, -0.1) is 0 Å². The summed E-state index contributed by atoms with van der Waals surface area (Å²) in [6.45, 7) is 3.71. The van der Waals surface area contributed by atoms with Gasteiger partial charge in [0, 0.05) is 0 Å². The molecule has 0 fully saturated rings. The average molecular weight is 218 g/mol. The normalized spacial score (nSPS) is 12.7. The van der Waals surface area contributed by atoms with E-state index in [2.05, 4.69) is 15.4 Å². The summed E-state index contributed by atoms with van der Waals surface area (Å²) in [5.41, 5.74) is 4.91. The van der Waals surface area contributed by atoms with E-state index in [1.54, 1.807) is 0 Å². The smallest absolute Gasteiger partial charge is 0.241 e. The number of aryl methyl sites for hydroxylation is 1. The number of amides is 1. The Morgan fingerprint density at radius 1 is 1.56 bits per heavy atom. The van der Waals surface area contributed by atoms with E-state index >= 15 is 0 Å². The van der Waals surface area contributed by atoms with Gasteiger partial charge in [0.2, 0.25) is 5.91 Å². The highest BCUT2D eigenvalue weighted by Gasteiger charge is 2.14. The van der Waals surface area contributed by atoms with Gasteiger partial charge in [0.25, 0.3) is 0 Å². The minimum atomic E-state index is -0.266. The van der Waals surface area contributed by atoms with Crippen LogP contribution in [0.3, 0.4) is 0 Å². The summed E-state index contributed by atoms with van der Waals surface area (Å²) in [7, 11) is 0. The standard InChI is InChI=1S/C11H14N4O/c1-6(11(16)15-12)8-3-4-9-10(5-8)14-7(2)13-9/h3-6H,12H2,1-2H3,(H,13,14)(H,15,16). The lowest BCUT2D eigenvalue weighted by atomic mass is 10.0. The number of hydrazine groups is 1. The number of carbonyl (C=O) groups excluding carboxylic acids is 1. The summed E-state index contributed by atoms with van der Waals surface area (Å²) in [6, 6.07) is 5.71. The van der Waals surface area contributed by atoms with Crippen LogP contribution in [0.4, 0.5) is 0 Å². The average Bonchev–Trinajstić information content (AvgIpc) is 2.65. The van der Waals surface area contributed by atoms with E-state index in [9.17, 15) is 4.79 Å². The van der Waals surface area contributed by atoms with Gasteiger partial charge in [0.05, 0.1) is 17.0 Å². The number of hydrogen-bond acceptors (Lipinski definition) is 3. The first-order chi connectivity index (χ1) is 7.61. The monoisotopic (exact) mass is 218 g/mol. The minimum Gasteiger partial charge on any atom is -0.342 e. The van der Waals surface area contributed by atoms with E-state index < -0.39 is 0 Å². The Kier molecular flexibility index (Phi) is 2.62. The lowest BCUT2D eigenvalue weighted by Crippen LogP contribution is -2.33. The van der Waals surface area contributed by atoms with E-state index in [0.717, 1.165) is 22.4 Å². The highest BCUT2D eigenvalue weighted by atomic mass is 16.2. The fourth-order valence-corrected chi connectivity index (χ4v) is 1.70. The van der Waals surface area contributed by atoms with E-state index in [1.807, 2.05) is 32.0 Å². The Labute approximate surface area is 93.0 Å². The topological polar surface area (TPSA) is 83.8 Å². The van der Waals surface area contributed by atoms with E-state index in [0.29, 0.717) is 0 Å². The first kappa shape index (κ1) is 10.6. The quantitative estimate of drug-likeness (QED) is 0.399. The second-order valence-electron chi connectivity index (χ2n) is 3.83. The van der Waals surface area contributed by atoms with Gasteiger partial charge in [0.15, 0.2) is 0 Å². The van der Waals surface area contributed by atoms with Gasteiger partial charge in [-0.05, 0) is 31.5 Å². The third-order valence-electron chi connectivity index (χ3n) is 2.66. The molecule has 2 aromatic rings. The second-order valence-corrected chi connectivity index (χ2v) is 3.83. The zero-order valence-electron chi connectivity index (χ0n) is 9.24. The van der Waals surface area contributed by atoms with Crippen molar-refractivity contribution >= 4 is 16.9 Å². The summed E-state index contributed by atoms with van der Waals surface area (Å²) in [6.07, 6.45) is 0. The summed E-state index contributed by atoms with van der Waals surface area (Å²) in [5.74, 6) is 5.51. The van der Waals surface area contributed by atoms with Gasteiger partial charge in [-0.1, -0.05) is 6.07 Å². The van der Waals surface area contributed by atoms with Crippen molar-refractivity contribution in [3.05, 3.63) is 29.6 Å².